The fourth-order valence-electron chi connectivity index (χ4n) is 3.36. The lowest BCUT2D eigenvalue weighted by Gasteiger charge is -2.14. The number of benzene rings is 3. The van der Waals surface area contributed by atoms with Crippen LogP contribution in [0, 0.1) is 0 Å². The topological polar surface area (TPSA) is 85.2 Å². The highest BCUT2D eigenvalue weighted by atomic mass is 35.5. The highest BCUT2D eigenvalue weighted by molar-refractivity contribution is 6.30. The van der Waals surface area contributed by atoms with Gasteiger partial charge in [0.15, 0.2) is 0 Å². The SMILES string of the molecule is COc1ccc(CNc2nc(=O)n(CC(=O)Nc3cccc(Cl)c3)c3ccccc23)cc1. The van der Waals surface area contributed by atoms with E-state index in [1.807, 2.05) is 42.5 Å². The number of amides is 1. The van der Waals surface area contributed by atoms with Crippen molar-refractivity contribution in [1.29, 1.82) is 0 Å². The first-order valence-electron chi connectivity index (χ1n) is 9.95. The van der Waals surface area contributed by atoms with Gasteiger partial charge in [-0.3, -0.25) is 9.36 Å². The molecule has 0 saturated heterocycles. The normalized spacial score (nSPS) is 10.7. The molecule has 0 bridgehead atoms. The van der Waals surface area contributed by atoms with Crippen molar-refractivity contribution < 1.29 is 9.53 Å². The molecule has 0 unspecified atom stereocenters. The number of anilines is 2. The number of nitrogens with zero attached hydrogens (tertiary/aromatic N) is 2. The molecule has 0 spiro atoms. The minimum Gasteiger partial charge on any atom is -0.497 e. The van der Waals surface area contributed by atoms with Gasteiger partial charge in [-0.15, -0.1) is 0 Å². The van der Waals surface area contributed by atoms with Crippen LogP contribution in [0.15, 0.2) is 77.6 Å². The van der Waals surface area contributed by atoms with E-state index in [0.717, 1.165) is 16.7 Å². The zero-order chi connectivity index (χ0) is 22.5. The third-order valence-electron chi connectivity index (χ3n) is 4.92. The Bertz CT molecular complexity index is 1320. The fourth-order valence-corrected chi connectivity index (χ4v) is 3.55. The zero-order valence-corrected chi connectivity index (χ0v) is 18.1. The summed E-state index contributed by atoms with van der Waals surface area (Å²) in [5.41, 5.74) is 1.68. The number of carbonyl (C=O) groups excluding carboxylic acids is 1. The highest BCUT2D eigenvalue weighted by Gasteiger charge is 2.13. The van der Waals surface area contributed by atoms with Crippen molar-refractivity contribution in [3.05, 3.63) is 93.9 Å². The Hall–Kier alpha value is -3.84. The molecule has 8 heteroatoms. The van der Waals surface area contributed by atoms with Crippen molar-refractivity contribution in [2.45, 2.75) is 13.1 Å². The van der Waals surface area contributed by atoms with E-state index < -0.39 is 5.69 Å². The van der Waals surface area contributed by atoms with Crippen LogP contribution < -0.4 is 21.1 Å². The first-order chi connectivity index (χ1) is 15.5. The van der Waals surface area contributed by atoms with Crippen molar-refractivity contribution in [3.8, 4) is 5.75 Å². The molecule has 0 saturated carbocycles. The number of hydrogen-bond donors (Lipinski definition) is 2. The van der Waals surface area contributed by atoms with Gasteiger partial charge in [-0.25, -0.2) is 4.79 Å². The average Bonchev–Trinajstić information content (AvgIpc) is 2.80. The zero-order valence-electron chi connectivity index (χ0n) is 17.3. The second-order valence-electron chi connectivity index (χ2n) is 7.11. The van der Waals surface area contributed by atoms with Gasteiger partial charge in [0, 0.05) is 22.6 Å². The molecule has 162 valence electrons. The van der Waals surface area contributed by atoms with E-state index in [1.165, 1.54) is 4.57 Å². The molecule has 3 aromatic carbocycles. The molecule has 1 aromatic heterocycles. The lowest BCUT2D eigenvalue weighted by atomic mass is 10.2. The van der Waals surface area contributed by atoms with Crippen LogP contribution in [0.4, 0.5) is 11.5 Å². The fraction of sp³-hybridized carbons (Fsp3) is 0.125. The summed E-state index contributed by atoms with van der Waals surface area (Å²) in [5, 5.41) is 7.25. The summed E-state index contributed by atoms with van der Waals surface area (Å²) in [7, 11) is 1.62. The van der Waals surface area contributed by atoms with Gasteiger partial charge in [-0.1, -0.05) is 41.9 Å². The van der Waals surface area contributed by atoms with E-state index in [1.54, 1.807) is 37.4 Å². The maximum Gasteiger partial charge on any atom is 0.350 e. The summed E-state index contributed by atoms with van der Waals surface area (Å²) >= 11 is 5.97. The van der Waals surface area contributed by atoms with Crippen molar-refractivity contribution in [2.75, 3.05) is 17.7 Å². The van der Waals surface area contributed by atoms with E-state index >= 15 is 0 Å². The number of carbonyl (C=O) groups is 1. The molecular weight excluding hydrogens is 428 g/mol. The number of para-hydroxylation sites is 1. The molecule has 0 radical (unpaired) electrons. The molecule has 1 heterocycles. The summed E-state index contributed by atoms with van der Waals surface area (Å²) in [6, 6.07) is 21.8. The maximum absolute atomic E-state index is 12.8. The lowest BCUT2D eigenvalue weighted by molar-refractivity contribution is -0.116. The first-order valence-corrected chi connectivity index (χ1v) is 10.3. The van der Waals surface area contributed by atoms with Crippen LogP contribution in [-0.2, 0) is 17.9 Å². The third-order valence-corrected chi connectivity index (χ3v) is 5.15. The summed E-state index contributed by atoms with van der Waals surface area (Å²) in [5.74, 6) is 0.893. The number of aromatic nitrogens is 2. The van der Waals surface area contributed by atoms with Crippen molar-refractivity contribution in [1.82, 2.24) is 9.55 Å². The van der Waals surface area contributed by atoms with Gasteiger partial charge < -0.3 is 15.4 Å². The van der Waals surface area contributed by atoms with Crippen molar-refractivity contribution in [3.63, 3.8) is 0 Å². The lowest BCUT2D eigenvalue weighted by Crippen LogP contribution is -2.30. The van der Waals surface area contributed by atoms with Crippen LogP contribution in [0.3, 0.4) is 0 Å². The molecule has 0 atom stereocenters. The molecule has 7 nitrogen and oxygen atoms in total. The minimum absolute atomic E-state index is 0.169. The molecule has 0 aliphatic rings. The molecule has 0 aliphatic carbocycles. The van der Waals surface area contributed by atoms with Gasteiger partial charge in [-0.2, -0.15) is 4.98 Å². The van der Waals surface area contributed by atoms with E-state index in [9.17, 15) is 9.59 Å². The second-order valence-corrected chi connectivity index (χ2v) is 7.54. The van der Waals surface area contributed by atoms with Crippen molar-refractivity contribution >= 4 is 39.9 Å². The standard InChI is InChI=1S/C24H21ClN4O3/c1-32-19-11-9-16(10-12-19)14-26-23-20-7-2-3-8-21(20)29(24(31)28-23)15-22(30)27-18-6-4-5-17(25)13-18/h2-13H,14-15H2,1H3,(H,27,30)(H,26,28,31). The molecule has 0 fully saturated rings. The number of halogens is 1. The number of rotatable bonds is 7. The molecule has 4 rings (SSSR count). The monoisotopic (exact) mass is 448 g/mol. The van der Waals surface area contributed by atoms with Crippen LogP contribution in [0.25, 0.3) is 10.9 Å². The van der Waals surface area contributed by atoms with Crippen LogP contribution in [0.5, 0.6) is 5.75 Å². The minimum atomic E-state index is -0.512. The number of ether oxygens (including phenoxy) is 1. The van der Waals surface area contributed by atoms with Crippen LogP contribution >= 0.6 is 11.6 Å². The summed E-state index contributed by atoms with van der Waals surface area (Å²) in [6.07, 6.45) is 0. The van der Waals surface area contributed by atoms with Gasteiger partial charge in [-0.05, 0) is 48.0 Å². The highest BCUT2D eigenvalue weighted by Crippen LogP contribution is 2.21. The predicted octanol–water partition coefficient (Wildman–Crippen LogP) is 4.31. The average molecular weight is 449 g/mol. The largest absolute Gasteiger partial charge is 0.497 e. The Morgan fingerprint density at radius 1 is 1.06 bits per heavy atom. The van der Waals surface area contributed by atoms with Crippen LogP contribution in [-0.4, -0.2) is 22.6 Å². The van der Waals surface area contributed by atoms with Crippen LogP contribution in [0.1, 0.15) is 5.56 Å². The number of hydrogen-bond acceptors (Lipinski definition) is 5. The van der Waals surface area contributed by atoms with Gasteiger partial charge in [0.2, 0.25) is 5.91 Å². The van der Waals surface area contributed by atoms with E-state index in [0.29, 0.717) is 28.6 Å². The van der Waals surface area contributed by atoms with Gasteiger partial charge in [0.25, 0.3) is 0 Å². The maximum atomic E-state index is 12.8. The molecule has 1 amide bonds. The van der Waals surface area contributed by atoms with Gasteiger partial charge >= 0.3 is 5.69 Å². The van der Waals surface area contributed by atoms with Crippen LogP contribution in [0.2, 0.25) is 5.02 Å². The smallest absolute Gasteiger partial charge is 0.350 e. The molecule has 32 heavy (non-hydrogen) atoms. The Balaban J connectivity index is 1.57. The van der Waals surface area contributed by atoms with E-state index in [4.69, 9.17) is 16.3 Å². The van der Waals surface area contributed by atoms with Crippen molar-refractivity contribution in [2.24, 2.45) is 0 Å². The van der Waals surface area contributed by atoms with Gasteiger partial charge in [0.05, 0.1) is 12.6 Å². The Morgan fingerprint density at radius 3 is 2.59 bits per heavy atom. The molecular formula is C24H21ClN4O3. The van der Waals surface area contributed by atoms with E-state index in [2.05, 4.69) is 15.6 Å². The number of nitrogens with one attached hydrogen (secondary N) is 2. The Kier molecular flexibility index (Phi) is 6.37. The Labute approximate surface area is 189 Å². The second kappa shape index (κ2) is 9.53. The quantitative estimate of drug-likeness (QED) is 0.440. The summed E-state index contributed by atoms with van der Waals surface area (Å²) in [6.45, 7) is 0.317. The predicted molar refractivity (Wildman–Crippen MR) is 126 cm³/mol. The third kappa shape index (κ3) is 4.90. The summed E-state index contributed by atoms with van der Waals surface area (Å²) in [4.78, 5) is 29.5. The molecule has 2 N–H and O–H groups in total. The molecule has 4 aromatic rings. The van der Waals surface area contributed by atoms with E-state index in [-0.39, 0.29) is 12.5 Å². The van der Waals surface area contributed by atoms with Gasteiger partial charge in [0.1, 0.15) is 18.1 Å². The first kappa shape index (κ1) is 21.4. The number of methoxy groups -OCH3 is 1. The molecule has 0 aliphatic heterocycles. The Morgan fingerprint density at radius 2 is 1.84 bits per heavy atom. The summed E-state index contributed by atoms with van der Waals surface area (Å²) < 4.78 is 6.53. The number of fused-ring (bicyclic) bond motifs is 1.